The maximum atomic E-state index is 13.0. The molecule has 0 saturated carbocycles. The van der Waals surface area contributed by atoms with E-state index in [2.05, 4.69) is 15.3 Å². The molecule has 1 amide bonds. The Morgan fingerprint density at radius 3 is 2.84 bits per heavy atom. The van der Waals surface area contributed by atoms with Gasteiger partial charge in [-0.1, -0.05) is 6.07 Å². The van der Waals surface area contributed by atoms with Crippen LogP contribution >= 0.6 is 11.3 Å². The van der Waals surface area contributed by atoms with Crippen molar-refractivity contribution in [3.05, 3.63) is 71.6 Å². The van der Waals surface area contributed by atoms with Crippen molar-refractivity contribution in [2.24, 2.45) is 0 Å². The maximum absolute atomic E-state index is 13.0. The first-order valence-electron chi connectivity index (χ1n) is 7.75. The van der Waals surface area contributed by atoms with E-state index in [0.29, 0.717) is 5.69 Å². The minimum Gasteiger partial charge on any atom is -0.361 e. The summed E-state index contributed by atoms with van der Waals surface area (Å²) in [5.74, 6) is -0.402. The molecular weight excluding hydrogens is 337 g/mol. The molecule has 124 valence electrons. The number of rotatable bonds is 4. The predicted octanol–water partition coefficient (Wildman–Crippen LogP) is 4.61. The molecule has 0 aliphatic rings. The van der Waals surface area contributed by atoms with E-state index < -0.39 is 0 Å². The fourth-order valence-corrected chi connectivity index (χ4v) is 3.43. The lowest BCUT2D eigenvalue weighted by molar-refractivity contribution is -0.115. The fourth-order valence-electron chi connectivity index (χ4n) is 2.61. The second kappa shape index (κ2) is 6.49. The van der Waals surface area contributed by atoms with Gasteiger partial charge >= 0.3 is 0 Å². The van der Waals surface area contributed by atoms with E-state index in [4.69, 9.17) is 0 Å². The number of hydrogen-bond acceptors (Lipinski definition) is 3. The van der Waals surface area contributed by atoms with Gasteiger partial charge in [0.1, 0.15) is 10.8 Å². The number of carbonyl (C=O) groups is 1. The van der Waals surface area contributed by atoms with Crippen LogP contribution in [0.1, 0.15) is 5.69 Å². The molecule has 2 N–H and O–H groups in total. The Hall–Kier alpha value is -2.99. The van der Waals surface area contributed by atoms with Gasteiger partial charge in [-0.05, 0) is 47.9 Å². The number of H-pyrrole nitrogens is 1. The quantitative estimate of drug-likeness (QED) is 0.564. The summed E-state index contributed by atoms with van der Waals surface area (Å²) < 4.78 is 13.0. The number of benzene rings is 2. The van der Waals surface area contributed by atoms with Crippen molar-refractivity contribution < 1.29 is 9.18 Å². The normalized spacial score (nSPS) is 10.9. The van der Waals surface area contributed by atoms with Gasteiger partial charge in [-0.2, -0.15) is 0 Å². The molecule has 0 atom stereocenters. The average molecular weight is 351 g/mol. The molecule has 6 heteroatoms. The van der Waals surface area contributed by atoms with Gasteiger partial charge in [0, 0.05) is 28.3 Å². The first-order valence-corrected chi connectivity index (χ1v) is 8.63. The lowest BCUT2D eigenvalue weighted by Gasteiger charge is -2.04. The molecule has 4 rings (SSSR count). The highest BCUT2D eigenvalue weighted by Crippen LogP contribution is 2.24. The standard InChI is InChI=1S/C19H14FN3OS/c20-14-4-1-13(2-5-14)19-23-16(11-25-19)10-18(24)22-15-6-3-12-7-8-21-17(12)9-15/h1-9,11,21H,10H2,(H,22,24). The monoisotopic (exact) mass is 351 g/mol. The average Bonchev–Trinajstić information content (AvgIpc) is 3.24. The molecule has 0 unspecified atom stereocenters. The predicted molar refractivity (Wildman–Crippen MR) is 98.1 cm³/mol. The van der Waals surface area contributed by atoms with Gasteiger partial charge < -0.3 is 10.3 Å². The number of amides is 1. The Bertz CT molecular complexity index is 1040. The molecule has 0 radical (unpaired) electrons. The van der Waals surface area contributed by atoms with Gasteiger partial charge in [0.2, 0.25) is 5.91 Å². The van der Waals surface area contributed by atoms with Crippen molar-refractivity contribution in [2.45, 2.75) is 6.42 Å². The number of anilines is 1. The number of hydrogen-bond donors (Lipinski definition) is 2. The number of carbonyl (C=O) groups excluding carboxylic acids is 1. The van der Waals surface area contributed by atoms with Crippen LogP contribution in [-0.4, -0.2) is 15.9 Å². The molecule has 25 heavy (non-hydrogen) atoms. The van der Waals surface area contributed by atoms with Crippen LogP contribution in [-0.2, 0) is 11.2 Å². The van der Waals surface area contributed by atoms with Gasteiger partial charge in [0.05, 0.1) is 12.1 Å². The summed E-state index contributed by atoms with van der Waals surface area (Å²) in [6, 6.07) is 13.9. The summed E-state index contributed by atoms with van der Waals surface area (Å²) in [6.07, 6.45) is 2.06. The summed E-state index contributed by atoms with van der Waals surface area (Å²) in [6.45, 7) is 0. The van der Waals surface area contributed by atoms with Crippen molar-refractivity contribution in [2.75, 3.05) is 5.32 Å². The van der Waals surface area contributed by atoms with Gasteiger partial charge in [0.25, 0.3) is 0 Å². The molecule has 0 bridgehead atoms. The van der Waals surface area contributed by atoms with Crippen LogP contribution in [0.2, 0.25) is 0 Å². The number of aromatic amines is 1. The minimum absolute atomic E-state index is 0.123. The Labute approximate surface area is 147 Å². The third-order valence-corrected chi connectivity index (χ3v) is 4.76. The molecule has 0 aliphatic carbocycles. The number of fused-ring (bicyclic) bond motifs is 1. The van der Waals surface area contributed by atoms with Crippen LogP contribution in [0.15, 0.2) is 60.1 Å². The molecule has 2 heterocycles. The maximum Gasteiger partial charge on any atom is 0.230 e. The zero-order valence-electron chi connectivity index (χ0n) is 13.1. The van der Waals surface area contributed by atoms with Crippen molar-refractivity contribution in [1.29, 1.82) is 0 Å². The Morgan fingerprint density at radius 1 is 1.16 bits per heavy atom. The highest BCUT2D eigenvalue weighted by molar-refractivity contribution is 7.13. The van der Waals surface area contributed by atoms with Gasteiger partial charge in [0.15, 0.2) is 0 Å². The van der Waals surface area contributed by atoms with Gasteiger partial charge in [-0.3, -0.25) is 4.79 Å². The molecule has 0 saturated heterocycles. The van der Waals surface area contributed by atoms with E-state index in [1.165, 1.54) is 23.5 Å². The number of nitrogens with one attached hydrogen (secondary N) is 2. The van der Waals surface area contributed by atoms with Crippen LogP contribution in [0.5, 0.6) is 0 Å². The number of thiazole rings is 1. The Balaban J connectivity index is 1.44. The summed E-state index contributed by atoms with van der Waals surface area (Å²) in [7, 11) is 0. The van der Waals surface area contributed by atoms with Gasteiger partial charge in [-0.25, -0.2) is 9.37 Å². The summed E-state index contributed by atoms with van der Waals surface area (Å²) in [4.78, 5) is 19.8. The molecule has 0 aliphatic heterocycles. The SMILES string of the molecule is O=C(Cc1csc(-c2ccc(F)cc2)n1)Nc1ccc2cc[nH]c2c1. The van der Waals surface area contributed by atoms with Gasteiger partial charge in [-0.15, -0.1) is 11.3 Å². The van der Waals surface area contributed by atoms with Crippen LogP contribution in [0.3, 0.4) is 0 Å². The topological polar surface area (TPSA) is 57.8 Å². The van der Waals surface area contributed by atoms with Crippen LogP contribution in [0.4, 0.5) is 10.1 Å². The van der Waals surface area contributed by atoms with Crippen molar-refractivity contribution >= 4 is 33.8 Å². The second-order valence-electron chi connectivity index (χ2n) is 5.66. The smallest absolute Gasteiger partial charge is 0.230 e. The van der Waals surface area contributed by atoms with Crippen molar-refractivity contribution in [1.82, 2.24) is 9.97 Å². The van der Waals surface area contributed by atoms with Crippen LogP contribution in [0.25, 0.3) is 21.5 Å². The highest BCUT2D eigenvalue weighted by Gasteiger charge is 2.10. The third kappa shape index (κ3) is 3.44. The highest BCUT2D eigenvalue weighted by atomic mass is 32.1. The lowest BCUT2D eigenvalue weighted by atomic mass is 10.2. The van der Waals surface area contributed by atoms with Crippen LogP contribution < -0.4 is 5.32 Å². The van der Waals surface area contributed by atoms with E-state index in [-0.39, 0.29) is 18.1 Å². The molecule has 4 nitrogen and oxygen atoms in total. The van der Waals surface area contributed by atoms with E-state index in [0.717, 1.165) is 27.2 Å². The van der Waals surface area contributed by atoms with E-state index >= 15 is 0 Å². The van der Waals surface area contributed by atoms with Crippen molar-refractivity contribution in [3.63, 3.8) is 0 Å². The zero-order chi connectivity index (χ0) is 17.2. The van der Waals surface area contributed by atoms with E-state index in [9.17, 15) is 9.18 Å². The molecule has 2 aromatic carbocycles. The Kier molecular flexibility index (Phi) is 4.03. The fraction of sp³-hybridized carbons (Fsp3) is 0.0526. The summed E-state index contributed by atoms with van der Waals surface area (Å²) >= 11 is 1.44. The summed E-state index contributed by atoms with van der Waals surface area (Å²) in [5, 5.41) is 6.61. The molecule has 2 aromatic heterocycles. The molecular formula is C19H14FN3OS. The first kappa shape index (κ1) is 15.5. The third-order valence-electron chi connectivity index (χ3n) is 3.82. The first-order chi connectivity index (χ1) is 12.2. The van der Waals surface area contributed by atoms with E-state index in [1.54, 1.807) is 12.1 Å². The second-order valence-corrected chi connectivity index (χ2v) is 6.51. The molecule has 0 fully saturated rings. The minimum atomic E-state index is -0.279. The van der Waals surface area contributed by atoms with Crippen molar-refractivity contribution in [3.8, 4) is 10.6 Å². The summed E-state index contributed by atoms with van der Waals surface area (Å²) in [5.41, 5.74) is 3.26. The number of aromatic nitrogens is 2. The largest absolute Gasteiger partial charge is 0.361 e. The van der Waals surface area contributed by atoms with E-state index in [1.807, 2.05) is 35.8 Å². The molecule has 4 aromatic rings. The van der Waals surface area contributed by atoms with Crippen LogP contribution in [0, 0.1) is 5.82 Å². The number of halogens is 1. The Morgan fingerprint density at radius 2 is 2.00 bits per heavy atom. The lowest BCUT2D eigenvalue weighted by Crippen LogP contribution is -2.14. The zero-order valence-corrected chi connectivity index (χ0v) is 13.9. The molecule has 0 spiro atoms. The number of nitrogens with zero attached hydrogens (tertiary/aromatic N) is 1.